The highest BCUT2D eigenvalue weighted by Crippen LogP contribution is 2.28. The average molecular weight is 352 g/mol. The lowest BCUT2D eigenvalue weighted by atomic mass is 10.0. The summed E-state index contributed by atoms with van der Waals surface area (Å²) in [6.45, 7) is 6.29. The van der Waals surface area contributed by atoms with Gasteiger partial charge in [0.05, 0.1) is 6.04 Å². The van der Waals surface area contributed by atoms with Gasteiger partial charge in [0.25, 0.3) is 5.91 Å². The maximum Gasteiger partial charge on any atom is 0.251 e. The Hall–Kier alpha value is -1.13. The number of benzene rings is 1. The van der Waals surface area contributed by atoms with Crippen molar-refractivity contribution in [2.45, 2.75) is 32.7 Å². The van der Waals surface area contributed by atoms with Gasteiger partial charge in [-0.2, -0.15) is 0 Å². The molecule has 20 heavy (non-hydrogen) atoms. The van der Waals surface area contributed by atoms with Gasteiger partial charge in [-0.1, -0.05) is 26.0 Å². The van der Waals surface area contributed by atoms with Crippen molar-refractivity contribution in [3.8, 4) is 0 Å². The van der Waals surface area contributed by atoms with Crippen LogP contribution in [0.1, 0.15) is 53.5 Å². The summed E-state index contributed by atoms with van der Waals surface area (Å²) in [7, 11) is 0. The van der Waals surface area contributed by atoms with E-state index in [1.54, 1.807) is 11.3 Å². The van der Waals surface area contributed by atoms with Crippen LogP contribution in [0, 0.1) is 0 Å². The smallest absolute Gasteiger partial charge is 0.251 e. The van der Waals surface area contributed by atoms with E-state index in [1.807, 2.05) is 42.6 Å². The van der Waals surface area contributed by atoms with Crippen LogP contribution in [-0.2, 0) is 0 Å². The molecule has 0 radical (unpaired) electrons. The molecule has 2 rings (SSSR count). The number of halogens is 1. The molecule has 1 amide bonds. The van der Waals surface area contributed by atoms with E-state index >= 15 is 0 Å². The topological polar surface area (TPSA) is 29.1 Å². The Kier molecular flexibility index (Phi) is 5.00. The van der Waals surface area contributed by atoms with Gasteiger partial charge in [-0.15, -0.1) is 11.3 Å². The fraction of sp³-hybridized carbons (Fsp3) is 0.312. The fourth-order valence-electron chi connectivity index (χ4n) is 1.98. The third-order valence-electron chi connectivity index (χ3n) is 3.23. The number of rotatable bonds is 4. The first-order chi connectivity index (χ1) is 9.49. The second kappa shape index (κ2) is 6.55. The number of amides is 1. The second-order valence-electron chi connectivity index (χ2n) is 5.10. The van der Waals surface area contributed by atoms with Gasteiger partial charge in [-0.05, 0) is 57.9 Å². The van der Waals surface area contributed by atoms with Crippen LogP contribution in [-0.4, -0.2) is 5.91 Å². The van der Waals surface area contributed by atoms with E-state index in [2.05, 4.69) is 35.1 Å². The number of carbonyl (C=O) groups excluding carboxylic acids is 1. The van der Waals surface area contributed by atoms with E-state index < -0.39 is 0 Å². The summed E-state index contributed by atoms with van der Waals surface area (Å²) in [5.41, 5.74) is 1.95. The van der Waals surface area contributed by atoms with Crippen LogP contribution in [0.25, 0.3) is 0 Å². The van der Waals surface area contributed by atoms with Crippen molar-refractivity contribution >= 4 is 33.2 Å². The summed E-state index contributed by atoms with van der Waals surface area (Å²) in [5, 5.41) is 5.04. The minimum atomic E-state index is -0.0342. The molecule has 4 heteroatoms. The van der Waals surface area contributed by atoms with Crippen molar-refractivity contribution in [3.05, 3.63) is 56.2 Å². The van der Waals surface area contributed by atoms with Crippen molar-refractivity contribution in [2.24, 2.45) is 0 Å². The summed E-state index contributed by atoms with van der Waals surface area (Å²) >= 11 is 5.14. The highest BCUT2D eigenvalue weighted by Gasteiger charge is 2.14. The summed E-state index contributed by atoms with van der Waals surface area (Å²) in [6, 6.07) is 9.82. The Balaban J connectivity index is 2.06. The number of thiophene rings is 1. The number of hydrogen-bond acceptors (Lipinski definition) is 2. The molecular formula is C16H18BrNOS. The molecule has 0 bridgehead atoms. The molecule has 0 saturated heterocycles. The van der Waals surface area contributed by atoms with Crippen LogP contribution in [0.15, 0.2) is 40.2 Å². The lowest BCUT2D eigenvalue weighted by molar-refractivity contribution is 0.0940. The van der Waals surface area contributed by atoms with E-state index in [4.69, 9.17) is 0 Å². The summed E-state index contributed by atoms with van der Waals surface area (Å²) < 4.78 is 1.05. The first kappa shape index (κ1) is 15.3. The van der Waals surface area contributed by atoms with Crippen LogP contribution < -0.4 is 5.32 Å². The molecule has 0 saturated carbocycles. The molecule has 1 aromatic heterocycles. The van der Waals surface area contributed by atoms with Crippen LogP contribution in [0.4, 0.5) is 0 Å². The van der Waals surface area contributed by atoms with Gasteiger partial charge in [0, 0.05) is 14.9 Å². The van der Waals surface area contributed by atoms with Crippen LogP contribution >= 0.6 is 27.3 Å². The minimum Gasteiger partial charge on any atom is -0.345 e. The molecule has 106 valence electrons. The predicted octanol–water partition coefficient (Wildman–Crippen LogP) is 5.13. The highest BCUT2D eigenvalue weighted by molar-refractivity contribution is 9.10. The molecule has 2 nitrogen and oxygen atoms in total. The average Bonchev–Trinajstić information content (AvgIpc) is 2.85. The Bertz CT molecular complexity index is 589. The molecule has 0 fully saturated rings. The zero-order valence-corrected chi connectivity index (χ0v) is 14.2. The first-order valence-corrected chi connectivity index (χ1v) is 8.30. The van der Waals surface area contributed by atoms with E-state index in [0.717, 1.165) is 9.35 Å². The largest absolute Gasteiger partial charge is 0.345 e. The Morgan fingerprint density at radius 2 is 1.80 bits per heavy atom. The first-order valence-electron chi connectivity index (χ1n) is 6.62. The number of hydrogen-bond donors (Lipinski definition) is 1. The van der Waals surface area contributed by atoms with Crippen LogP contribution in [0.2, 0.25) is 0 Å². The second-order valence-corrected chi connectivity index (χ2v) is 6.91. The molecule has 1 unspecified atom stereocenters. The number of carbonyl (C=O) groups is 1. The van der Waals surface area contributed by atoms with Crippen molar-refractivity contribution < 1.29 is 4.79 Å². The van der Waals surface area contributed by atoms with E-state index in [0.29, 0.717) is 11.5 Å². The minimum absolute atomic E-state index is 0.00153. The standard InChI is InChI=1S/C16H18BrNOS/c1-10(2)12-4-6-13(7-5-12)16(19)18-11(3)15-14(17)8-9-20-15/h4-11H,1-3H3,(H,18,19). The van der Waals surface area contributed by atoms with Crippen molar-refractivity contribution in [2.75, 3.05) is 0 Å². The van der Waals surface area contributed by atoms with Gasteiger partial charge >= 0.3 is 0 Å². The number of nitrogens with one attached hydrogen (secondary N) is 1. The molecule has 1 atom stereocenters. The van der Waals surface area contributed by atoms with Gasteiger partial charge in [0.2, 0.25) is 0 Å². The van der Waals surface area contributed by atoms with Gasteiger partial charge in [0.15, 0.2) is 0 Å². The molecule has 1 aromatic carbocycles. The molecule has 2 aromatic rings. The van der Waals surface area contributed by atoms with E-state index in [1.165, 1.54) is 5.56 Å². The van der Waals surface area contributed by atoms with Crippen LogP contribution in [0.3, 0.4) is 0 Å². The van der Waals surface area contributed by atoms with E-state index in [9.17, 15) is 4.79 Å². The molecule has 1 heterocycles. The lowest BCUT2D eigenvalue weighted by Gasteiger charge is -2.13. The zero-order chi connectivity index (χ0) is 14.7. The van der Waals surface area contributed by atoms with Gasteiger partial charge < -0.3 is 5.32 Å². The lowest BCUT2D eigenvalue weighted by Crippen LogP contribution is -2.26. The quantitative estimate of drug-likeness (QED) is 0.813. The normalized spacial score (nSPS) is 12.4. The summed E-state index contributed by atoms with van der Waals surface area (Å²) in [4.78, 5) is 13.4. The molecule has 0 aliphatic heterocycles. The molecule has 1 N–H and O–H groups in total. The Morgan fingerprint density at radius 3 is 2.30 bits per heavy atom. The predicted molar refractivity (Wildman–Crippen MR) is 88.4 cm³/mol. The van der Waals surface area contributed by atoms with E-state index in [-0.39, 0.29) is 11.9 Å². The van der Waals surface area contributed by atoms with Gasteiger partial charge in [0.1, 0.15) is 0 Å². The molecule has 0 aliphatic carbocycles. The van der Waals surface area contributed by atoms with Crippen molar-refractivity contribution in [3.63, 3.8) is 0 Å². The fourth-order valence-corrected chi connectivity index (χ4v) is 3.70. The maximum absolute atomic E-state index is 12.2. The Labute approximate surface area is 132 Å². The maximum atomic E-state index is 12.2. The third-order valence-corrected chi connectivity index (χ3v) is 5.28. The zero-order valence-electron chi connectivity index (χ0n) is 11.8. The van der Waals surface area contributed by atoms with Crippen LogP contribution in [0.5, 0.6) is 0 Å². The monoisotopic (exact) mass is 351 g/mol. The third kappa shape index (κ3) is 3.49. The Morgan fingerprint density at radius 1 is 1.15 bits per heavy atom. The SMILES string of the molecule is CC(C)c1ccc(C(=O)NC(C)c2sccc2Br)cc1. The molecule has 0 aliphatic rings. The molecule has 0 spiro atoms. The molecular weight excluding hydrogens is 334 g/mol. The van der Waals surface area contributed by atoms with Crippen molar-refractivity contribution in [1.29, 1.82) is 0 Å². The summed E-state index contributed by atoms with van der Waals surface area (Å²) in [5.74, 6) is 0.446. The van der Waals surface area contributed by atoms with Gasteiger partial charge in [-0.3, -0.25) is 4.79 Å². The highest BCUT2D eigenvalue weighted by atomic mass is 79.9. The summed E-state index contributed by atoms with van der Waals surface area (Å²) in [6.07, 6.45) is 0. The van der Waals surface area contributed by atoms with Gasteiger partial charge in [-0.25, -0.2) is 0 Å². The van der Waals surface area contributed by atoms with Crippen molar-refractivity contribution in [1.82, 2.24) is 5.32 Å².